The number of imidazole rings is 1. The van der Waals surface area contributed by atoms with Crippen molar-refractivity contribution in [3.63, 3.8) is 0 Å². The van der Waals surface area contributed by atoms with E-state index >= 15 is 0 Å². The van der Waals surface area contributed by atoms with E-state index in [1.165, 1.54) is 38.9 Å². The fourth-order valence-electron chi connectivity index (χ4n) is 4.90. The number of guanidine groups is 1. The molecule has 0 aliphatic carbocycles. The minimum absolute atomic E-state index is 0. The van der Waals surface area contributed by atoms with E-state index in [0.29, 0.717) is 12.0 Å². The summed E-state index contributed by atoms with van der Waals surface area (Å²) in [6.07, 6.45) is 9.65. The molecular formula is C21H39IN6. The zero-order chi connectivity index (χ0) is 19.2. The number of nitrogens with one attached hydrogen (secondary N) is 1. The van der Waals surface area contributed by atoms with Crippen LogP contribution >= 0.6 is 24.0 Å². The summed E-state index contributed by atoms with van der Waals surface area (Å²) < 4.78 is 2.25. The second-order valence-electron chi connectivity index (χ2n) is 8.82. The average Bonchev–Trinajstić information content (AvgIpc) is 3.16. The molecule has 160 valence electrons. The van der Waals surface area contributed by atoms with Crippen molar-refractivity contribution in [2.75, 3.05) is 46.3 Å². The van der Waals surface area contributed by atoms with E-state index in [-0.39, 0.29) is 24.0 Å². The van der Waals surface area contributed by atoms with Crippen molar-refractivity contribution < 1.29 is 0 Å². The molecule has 4 atom stereocenters. The number of rotatable bonds is 5. The molecule has 0 bridgehead atoms. The lowest BCUT2D eigenvalue weighted by Crippen LogP contribution is -2.49. The van der Waals surface area contributed by atoms with Gasteiger partial charge < -0.3 is 19.7 Å². The van der Waals surface area contributed by atoms with Crippen LogP contribution < -0.4 is 5.32 Å². The van der Waals surface area contributed by atoms with Crippen LogP contribution in [-0.4, -0.2) is 71.6 Å². The van der Waals surface area contributed by atoms with Crippen molar-refractivity contribution in [2.45, 2.75) is 46.1 Å². The third kappa shape index (κ3) is 6.34. The first-order valence-electron chi connectivity index (χ1n) is 10.7. The largest absolute Gasteiger partial charge is 0.356 e. The average molecular weight is 502 g/mol. The van der Waals surface area contributed by atoms with E-state index in [1.54, 1.807) is 0 Å². The molecule has 0 radical (unpaired) electrons. The minimum Gasteiger partial charge on any atom is -0.356 e. The van der Waals surface area contributed by atoms with E-state index in [9.17, 15) is 0 Å². The summed E-state index contributed by atoms with van der Waals surface area (Å²) in [6.45, 7) is 13.9. The van der Waals surface area contributed by atoms with Crippen LogP contribution in [0.1, 0.15) is 46.1 Å². The second-order valence-corrected chi connectivity index (χ2v) is 8.82. The second kappa shape index (κ2) is 11.4. The molecule has 1 aromatic heterocycles. The van der Waals surface area contributed by atoms with Crippen molar-refractivity contribution in [3.8, 4) is 0 Å². The van der Waals surface area contributed by atoms with Crippen LogP contribution in [0.5, 0.6) is 0 Å². The van der Waals surface area contributed by atoms with Gasteiger partial charge in [-0.25, -0.2) is 4.98 Å². The van der Waals surface area contributed by atoms with E-state index < -0.39 is 0 Å². The van der Waals surface area contributed by atoms with Crippen LogP contribution in [0.2, 0.25) is 0 Å². The quantitative estimate of drug-likeness (QED) is 0.291. The first kappa shape index (κ1) is 23.4. The Morgan fingerprint density at radius 2 is 1.93 bits per heavy atom. The summed E-state index contributed by atoms with van der Waals surface area (Å²) >= 11 is 0. The van der Waals surface area contributed by atoms with Crippen molar-refractivity contribution in [1.82, 2.24) is 24.7 Å². The maximum atomic E-state index is 4.55. The summed E-state index contributed by atoms with van der Waals surface area (Å²) in [5.41, 5.74) is 0. The van der Waals surface area contributed by atoms with Gasteiger partial charge in [0.25, 0.3) is 0 Å². The van der Waals surface area contributed by atoms with Gasteiger partial charge in [-0.2, -0.15) is 0 Å². The number of hydrogen-bond donors (Lipinski definition) is 1. The Labute approximate surface area is 188 Å². The molecule has 6 nitrogen and oxygen atoms in total. The molecule has 2 aliphatic rings. The summed E-state index contributed by atoms with van der Waals surface area (Å²) in [4.78, 5) is 13.8. The normalized spacial score (nSPS) is 29.4. The molecule has 2 fully saturated rings. The predicted molar refractivity (Wildman–Crippen MR) is 127 cm³/mol. The van der Waals surface area contributed by atoms with E-state index in [1.807, 2.05) is 19.6 Å². The van der Waals surface area contributed by atoms with Crippen LogP contribution in [0.3, 0.4) is 0 Å². The Balaban J connectivity index is 0.00000280. The first-order valence-corrected chi connectivity index (χ1v) is 10.7. The SMILES string of the molecule is CN=C(NCCCN1CC(C)CC(C)C1)N1CCC(C)C(n2ccnc2)C1.I. The third-order valence-electron chi connectivity index (χ3n) is 6.22. The molecule has 2 saturated heterocycles. The minimum atomic E-state index is 0. The number of hydrogen-bond acceptors (Lipinski definition) is 3. The van der Waals surface area contributed by atoms with Gasteiger partial charge in [0, 0.05) is 52.2 Å². The molecule has 1 aromatic rings. The van der Waals surface area contributed by atoms with Crippen LogP contribution in [0, 0.1) is 17.8 Å². The smallest absolute Gasteiger partial charge is 0.193 e. The number of aliphatic imine (C=N–C) groups is 1. The van der Waals surface area contributed by atoms with Gasteiger partial charge in [0.1, 0.15) is 0 Å². The summed E-state index contributed by atoms with van der Waals surface area (Å²) in [6, 6.07) is 0.469. The standard InChI is InChI=1S/C21H38N6.HI/c1-17-12-18(2)14-25(13-17)9-5-7-24-21(22-4)26-10-6-19(3)20(15-26)27-11-8-23-16-27;/h8,11,16-20H,5-7,9-10,12-15H2,1-4H3,(H,22,24);1H. The predicted octanol–water partition coefficient (Wildman–Crippen LogP) is 3.33. The van der Waals surface area contributed by atoms with E-state index in [4.69, 9.17) is 0 Å². The highest BCUT2D eigenvalue weighted by molar-refractivity contribution is 14.0. The fraction of sp³-hybridized carbons (Fsp3) is 0.810. The number of aromatic nitrogens is 2. The first-order chi connectivity index (χ1) is 13.1. The molecule has 7 heteroatoms. The molecule has 28 heavy (non-hydrogen) atoms. The van der Waals surface area contributed by atoms with Gasteiger partial charge in [0.15, 0.2) is 5.96 Å². The Bertz CT molecular complexity index is 580. The van der Waals surface area contributed by atoms with Gasteiger partial charge in [-0.15, -0.1) is 24.0 Å². The Kier molecular flexibility index (Phi) is 9.53. The molecule has 1 N–H and O–H groups in total. The van der Waals surface area contributed by atoms with Crippen LogP contribution in [0.4, 0.5) is 0 Å². The molecule has 0 spiro atoms. The maximum Gasteiger partial charge on any atom is 0.193 e. The zero-order valence-corrected chi connectivity index (χ0v) is 20.4. The molecule has 3 heterocycles. The van der Waals surface area contributed by atoms with Crippen LogP contribution in [0.15, 0.2) is 23.7 Å². The highest BCUT2D eigenvalue weighted by Crippen LogP contribution is 2.27. The van der Waals surface area contributed by atoms with Gasteiger partial charge in [-0.3, -0.25) is 4.99 Å². The van der Waals surface area contributed by atoms with Crippen molar-refractivity contribution >= 4 is 29.9 Å². The zero-order valence-electron chi connectivity index (χ0n) is 18.0. The number of piperidine rings is 2. The number of likely N-dealkylation sites (tertiary alicyclic amines) is 2. The Morgan fingerprint density at radius 3 is 2.57 bits per heavy atom. The number of nitrogens with zero attached hydrogens (tertiary/aromatic N) is 5. The van der Waals surface area contributed by atoms with Crippen molar-refractivity contribution in [3.05, 3.63) is 18.7 Å². The highest BCUT2D eigenvalue weighted by atomic mass is 127. The molecule has 0 aromatic carbocycles. The Hall–Kier alpha value is -0.830. The third-order valence-corrected chi connectivity index (χ3v) is 6.22. The van der Waals surface area contributed by atoms with Crippen molar-refractivity contribution in [2.24, 2.45) is 22.7 Å². The van der Waals surface area contributed by atoms with Gasteiger partial charge in [0.2, 0.25) is 0 Å². The molecule has 2 aliphatic heterocycles. The fourth-order valence-corrected chi connectivity index (χ4v) is 4.90. The molecular weight excluding hydrogens is 463 g/mol. The molecule has 4 unspecified atom stereocenters. The van der Waals surface area contributed by atoms with Gasteiger partial charge in [-0.05, 0) is 43.6 Å². The lowest BCUT2D eigenvalue weighted by molar-refractivity contribution is 0.140. The number of halogens is 1. The van der Waals surface area contributed by atoms with Gasteiger partial charge in [-0.1, -0.05) is 20.8 Å². The summed E-state index contributed by atoms with van der Waals surface area (Å²) in [7, 11) is 1.90. The molecule has 0 saturated carbocycles. The lowest BCUT2D eigenvalue weighted by atomic mass is 9.92. The van der Waals surface area contributed by atoms with Crippen LogP contribution in [0.25, 0.3) is 0 Å². The topological polar surface area (TPSA) is 48.7 Å². The Morgan fingerprint density at radius 1 is 1.18 bits per heavy atom. The van der Waals surface area contributed by atoms with Crippen LogP contribution in [-0.2, 0) is 0 Å². The molecule has 3 rings (SSSR count). The maximum absolute atomic E-state index is 4.55. The summed E-state index contributed by atoms with van der Waals surface area (Å²) in [5.74, 6) is 3.39. The highest BCUT2D eigenvalue weighted by Gasteiger charge is 2.29. The summed E-state index contributed by atoms with van der Waals surface area (Å²) in [5, 5.41) is 3.61. The molecule has 0 amide bonds. The lowest BCUT2D eigenvalue weighted by Gasteiger charge is -2.39. The van der Waals surface area contributed by atoms with E-state index in [2.05, 4.69) is 56.6 Å². The van der Waals surface area contributed by atoms with Gasteiger partial charge >= 0.3 is 0 Å². The van der Waals surface area contributed by atoms with Gasteiger partial charge in [0.05, 0.1) is 12.4 Å². The van der Waals surface area contributed by atoms with Crippen molar-refractivity contribution in [1.29, 1.82) is 0 Å². The van der Waals surface area contributed by atoms with E-state index in [0.717, 1.165) is 37.4 Å². The monoisotopic (exact) mass is 502 g/mol.